The minimum absolute atomic E-state index is 0.607. The average molecular weight is 362 g/mol. The molecule has 0 aromatic carbocycles. The van der Waals surface area contributed by atoms with Crippen LogP contribution in [0, 0.1) is 0 Å². The van der Waals surface area contributed by atoms with Crippen LogP contribution in [0.15, 0.2) is 33.4 Å². The third kappa shape index (κ3) is 4.75. The lowest BCUT2D eigenvalue weighted by Gasteiger charge is -1.96. The summed E-state index contributed by atoms with van der Waals surface area (Å²) in [5.74, 6) is 2.20. The van der Waals surface area contributed by atoms with Gasteiger partial charge < -0.3 is 9.84 Å². The second-order valence-corrected chi connectivity index (χ2v) is 7.32. The van der Waals surface area contributed by atoms with Gasteiger partial charge in [-0.15, -0.1) is 10.2 Å². The summed E-state index contributed by atoms with van der Waals surface area (Å²) in [5.41, 5.74) is 0.912. The Morgan fingerprint density at radius 2 is 2.12 bits per heavy atom. The highest BCUT2D eigenvalue weighted by Crippen LogP contribution is 2.26. The Bertz CT molecular complexity index is 745. The van der Waals surface area contributed by atoms with Crippen LogP contribution in [0.1, 0.15) is 25.7 Å². The fraction of sp³-hybridized carbons (Fsp3) is 0.400. The van der Waals surface area contributed by atoms with E-state index >= 15 is 0 Å². The molecule has 3 aromatic heterocycles. The number of thioether (sulfide) groups is 1. The van der Waals surface area contributed by atoms with Gasteiger partial charge in [-0.1, -0.05) is 35.2 Å². The average Bonchev–Trinajstić information content (AvgIpc) is 3.27. The maximum absolute atomic E-state index is 5.29. The maximum atomic E-state index is 5.29. The molecule has 0 bridgehead atoms. The van der Waals surface area contributed by atoms with Crippen molar-refractivity contribution in [2.45, 2.75) is 30.5 Å². The first-order valence-corrected chi connectivity index (χ1v) is 9.58. The molecule has 0 saturated heterocycles. The van der Waals surface area contributed by atoms with Crippen LogP contribution in [0.25, 0.3) is 11.4 Å². The molecule has 0 amide bonds. The zero-order valence-electron chi connectivity index (χ0n) is 13.3. The van der Waals surface area contributed by atoms with Gasteiger partial charge in [-0.2, -0.15) is 4.98 Å². The summed E-state index contributed by atoms with van der Waals surface area (Å²) in [7, 11) is 0. The van der Waals surface area contributed by atoms with Gasteiger partial charge in [0.15, 0.2) is 4.34 Å². The van der Waals surface area contributed by atoms with E-state index in [-0.39, 0.29) is 0 Å². The van der Waals surface area contributed by atoms with E-state index in [1.165, 1.54) is 0 Å². The largest absolute Gasteiger partial charge is 0.360 e. The van der Waals surface area contributed by atoms with Crippen LogP contribution in [0.2, 0.25) is 0 Å². The molecule has 126 valence electrons. The van der Waals surface area contributed by atoms with Gasteiger partial charge in [0.05, 0.1) is 0 Å². The minimum atomic E-state index is 0.607. The van der Waals surface area contributed by atoms with E-state index in [0.717, 1.165) is 46.6 Å². The zero-order chi connectivity index (χ0) is 16.6. The predicted molar refractivity (Wildman–Crippen MR) is 95.3 cm³/mol. The van der Waals surface area contributed by atoms with Gasteiger partial charge >= 0.3 is 0 Å². The molecule has 0 aliphatic carbocycles. The summed E-state index contributed by atoms with van der Waals surface area (Å²) >= 11 is 3.30. The lowest BCUT2D eigenvalue weighted by molar-refractivity contribution is 0.378. The van der Waals surface area contributed by atoms with Crippen LogP contribution in [0.3, 0.4) is 0 Å². The van der Waals surface area contributed by atoms with Crippen molar-refractivity contribution in [3.05, 3.63) is 30.4 Å². The summed E-state index contributed by atoms with van der Waals surface area (Å²) in [6, 6.07) is 3.73. The van der Waals surface area contributed by atoms with E-state index in [2.05, 4.69) is 37.6 Å². The number of nitrogens with one attached hydrogen (secondary N) is 1. The van der Waals surface area contributed by atoms with Gasteiger partial charge in [0, 0.05) is 36.7 Å². The van der Waals surface area contributed by atoms with Crippen molar-refractivity contribution in [1.82, 2.24) is 25.3 Å². The Kier molecular flexibility index (Phi) is 6.13. The Balaban J connectivity index is 1.42. The number of anilines is 1. The quantitative estimate of drug-likeness (QED) is 0.457. The molecule has 24 heavy (non-hydrogen) atoms. The molecule has 0 saturated carbocycles. The third-order valence-corrected chi connectivity index (χ3v) is 5.20. The minimum Gasteiger partial charge on any atom is -0.360 e. The van der Waals surface area contributed by atoms with E-state index in [1.807, 2.05) is 12.1 Å². The maximum Gasteiger partial charge on any atom is 0.226 e. The van der Waals surface area contributed by atoms with Crippen LogP contribution in [-0.2, 0) is 6.42 Å². The molecule has 7 nitrogen and oxygen atoms in total. The zero-order valence-corrected chi connectivity index (χ0v) is 14.9. The van der Waals surface area contributed by atoms with Gasteiger partial charge in [-0.05, 0) is 25.0 Å². The molecule has 3 heterocycles. The third-order valence-electron chi connectivity index (χ3n) is 3.10. The molecule has 3 aromatic rings. The lowest BCUT2D eigenvalue weighted by Crippen LogP contribution is -1.98. The summed E-state index contributed by atoms with van der Waals surface area (Å²) in [6.45, 7) is 3.05. The van der Waals surface area contributed by atoms with Crippen molar-refractivity contribution >= 4 is 28.2 Å². The Hall–Kier alpha value is -2.00. The van der Waals surface area contributed by atoms with Crippen molar-refractivity contribution in [3.8, 4) is 11.4 Å². The number of aromatic nitrogens is 5. The SMILES string of the molecule is CCCNc1nnc(SCCCc2nc(-c3ccncc3)no2)s1. The van der Waals surface area contributed by atoms with Gasteiger partial charge in [0.25, 0.3) is 0 Å². The van der Waals surface area contributed by atoms with Crippen LogP contribution >= 0.6 is 23.1 Å². The van der Waals surface area contributed by atoms with Crippen molar-refractivity contribution < 1.29 is 4.52 Å². The highest BCUT2D eigenvalue weighted by Gasteiger charge is 2.09. The summed E-state index contributed by atoms with van der Waals surface area (Å²) < 4.78 is 6.28. The van der Waals surface area contributed by atoms with E-state index < -0.39 is 0 Å². The van der Waals surface area contributed by atoms with Crippen LogP contribution in [0.4, 0.5) is 5.13 Å². The summed E-state index contributed by atoms with van der Waals surface area (Å²) in [6.07, 6.45) is 6.21. The Morgan fingerprint density at radius 1 is 1.25 bits per heavy atom. The molecule has 0 aliphatic rings. The molecule has 0 atom stereocenters. The predicted octanol–water partition coefficient (Wildman–Crippen LogP) is 3.53. The summed E-state index contributed by atoms with van der Waals surface area (Å²) in [4.78, 5) is 8.39. The van der Waals surface area contributed by atoms with Crippen molar-refractivity contribution in [3.63, 3.8) is 0 Å². The normalized spacial score (nSPS) is 10.9. The van der Waals surface area contributed by atoms with Gasteiger partial charge in [0.1, 0.15) is 0 Å². The fourth-order valence-corrected chi connectivity index (χ4v) is 3.72. The Labute approximate surface area is 148 Å². The van der Waals surface area contributed by atoms with Crippen molar-refractivity contribution in [2.75, 3.05) is 17.6 Å². The first kappa shape index (κ1) is 16.8. The molecular formula is C15H18N6OS2. The topological polar surface area (TPSA) is 89.6 Å². The van der Waals surface area contributed by atoms with Gasteiger partial charge in [-0.25, -0.2) is 0 Å². The molecule has 9 heteroatoms. The van der Waals surface area contributed by atoms with Gasteiger partial charge in [0.2, 0.25) is 16.8 Å². The van der Waals surface area contributed by atoms with E-state index in [1.54, 1.807) is 35.5 Å². The van der Waals surface area contributed by atoms with E-state index in [9.17, 15) is 0 Å². The molecule has 1 N–H and O–H groups in total. The van der Waals surface area contributed by atoms with Crippen LogP contribution in [0.5, 0.6) is 0 Å². The van der Waals surface area contributed by atoms with Crippen LogP contribution in [-0.4, -0.2) is 37.6 Å². The molecule has 3 rings (SSSR count). The monoisotopic (exact) mass is 362 g/mol. The van der Waals surface area contributed by atoms with Gasteiger partial charge in [-0.3, -0.25) is 4.98 Å². The van der Waals surface area contributed by atoms with E-state index in [4.69, 9.17) is 4.52 Å². The number of pyridine rings is 1. The molecule has 0 radical (unpaired) electrons. The first-order valence-electron chi connectivity index (χ1n) is 7.78. The number of rotatable bonds is 9. The molecule has 0 aliphatic heterocycles. The van der Waals surface area contributed by atoms with Crippen molar-refractivity contribution in [1.29, 1.82) is 0 Å². The number of nitrogens with zero attached hydrogens (tertiary/aromatic N) is 5. The second kappa shape index (κ2) is 8.74. The highest BCUT2D eigenvalue weighted by atomic mass is 32.2. The molecule has 0 unspecified atom stereocenters. The van der Waals surface area contributed by atoms with E-state index in [0.29, 0.717) is 11.7 Å². The van der Waals surface area contributed by atoms with Crippen molar-refractivity contribution in [2.24, 2.45) is 0 Å². The molecule has 0 fully saturated rings. The highest BCUT2D eigenvalue weighted by molar-refractivity contribution is 8.01. The number of aryl methyl sites for hydroxylation is 1. The molecule has 0 spiro atoms. The number of hydrogen-bond acceptors (Lipinski definition) is 9. The first-order chi connectivity index (χ1) is 11.8. The lowest BCUT2D eigenvalue weighted by atomic mass is 10.2. The fourth-order valence-electron chi connectivity index (χ4n) is 1.93. The Morgan fingerprint density at radius 3 is 2.96 bits per heavy atom. The van der Waals surface area contributed by atoms with Crippen LogP contribution < -0.4 is 5.32 Å². The smallest absolute Gasteiger partial charge is 0.226 e. The number of hydrogen-bond donors (Lipinski definition) is 1. The standard InChI is InChI=1S/C15H18N6OS2/c1-2-7-17-14-19-20-15(24-14)23-10-3-4-12-18-13(21-22-12)11-5-8-16-9-6-11/h5-6,8-9H,2-4,7,10H2,1H3,(H,17,19). The second-order valence-electron chi connectivity index (χ2n) is 5.00. The summed E-state index contributed by atoms with van der Waals surface area (Å²) in [5, 5.41) is 16.4. The molecular weight excluding hydrogens is 344 g/mol.